The number of methoxy groups -OCH3 is 1. The standard InChI is InChI=1S/C16H26FN3O.HI/c1-6-18-15(20-16(2,3)4)19-11-14(21-5)12-7-9-13(17)10-8-12;/h7-10,14H,6,11H2,1-5H3,(H2,18,19,20);1H. The molecule has 0 spiro atoms. The Bertz CT molecular complexity index is 457. The lowest BCUT2D eigenvalue weighted by Crippen LogP contribution is -2.47. The fourth-order valence-corrected chi connectivity index (χ4v) is 1.83. The minimum Gasteiger partial charge on any atom is -0.375 e. The van der Waals surface area contributed by atoms with E-state index in [0.717, 1.165) is 18.1 Å². The summed E-state index contributed by atoms with van der Waals surface area (Å²) < 4.78 is 18.4. The molecule has 1 rings (SSSR count). The van der Waals surface area contributed by atoms with Crippen LogP contribution in [-0.4, -0.2) is 31.7 Å². The predicted octanol–water partition coefficient (Wildman–Crippen LogP) is 3.48. The van der Waals surface area contributed by atoms with Gasteiger partial charge in [0.05, 0.1) is 6.54 Å². The normalized spacial score (nSPS) is 13.3. The van der Waals surface area contributed by atoms with E-state index in [4.69, 9.17) is 4.74 Å². The largest absolute Gasteiger partial charge is 0.375 e. The molecule has 4 nitrogen and oxygen atoms in total. The number of halogens is 2. The fourth-order valence-electron chi connectivity index (χ4n) is 1.83. The van der Waals surface area contributed by atoms with Gasteiger partial charge in [-0.2, -0.15) is 0 Å². The molecule has 0 amide bonds. The Labute approximate surface area is 149 Å². The average molecular weight is 423 g/mol. The van der Waals surface area contributed by atoms with Crippen LogP contribution in [0.2, 0.25) is 0 Å². The number of benzene rings is 1. The van der Waals surface area contributed by atoms with Crippen molar-refractivity contribution in [1.82, 2.24) is 10.6 Å². The topological polar surface area (TPSA) is 45.7 Å². The Morgan fingerprint density at radius 3 is 2.32 bits per heavy atom. The van der Waals surface area contributed by atoms with Crippen LogP contribution < -0.4 is 10.6 Å². The van der Waals surface area contributed by atoms with Gasteiger partial charge in [0.2, 0.25) is 0 Å². The van der Waals surface area contributed by atoms with Gasteiger partial charge in [0, 0.05) is 19.2 Å². The lowest BCUT2D eigenvalue weighted by Gasteiger charge is -2.24. The van der Waals surface area contributed by atoms with E-state index in [1.165, 1.54) is 12.1 Å². The summed E-state index contributed by atoms with van der Waals surface area (Å²) in [5.41, 5.74) is 0.841. The van der Waals surface area contributed by atoms with Crippen molar-refractivity contribution >= 4 is 29.9 Å². The lowest BCUT2D eigenvalue weighted by atomic mass is 10.1. The Kier molecular flexibility index (Phi) is 9.59. The van der Waals surface area contributed by atoms with Crippen LogP contribution in [0.25, 0.3) is 0 Å². The minimum absolute atomic E-state index is 0. The molecular formula is C16H27FIN3O. The van der Waals surface area contributed by atoms with E-state index in [0.29, 0.717) is 6.54 Å². The predicted molar refractivity (Wildman–Crippen MR) is 100 cm³/mol. The van der Waals surface area contributed by atoms with Crippen molar-refractivity contribution in [2.75, 3.05) is 20.2 Å². The van der Waals surface area contributed by atoms with E-state index >= 15 is 0 Å². The Morgan fingerprint density at radius 2 is 1.86 bits per heavy atom. The highest BCUT2D eigenvalue weighted by atomic mass is 127. The first-order valence-corrected chi connectivity index (χ1v) is 7.20. The minimum atomic E-state index is -0.250. The first-order chi connectivity index (χ1) is 9.85. The van der Waals surface area contributed by atoms with Gasteiger partial charge in [0.25, 0.3) is 0 Å². The molecule has 0 saturated carbocycles. The number of hydrogen-bond acceptors (Lipinski definition) is 2. The summed E-state index contributed by atoms with van der Waals surface area (Å²) in [7, 11) is 1.63. The third-order valence-corrected chi connectivity index (χ3v) is 2.78. The number of ether oxygens (including phenoxy) is 1. The van der Waals surface area contributed by atoms with Gasteiger partial charge in [-0.3, -0.25) is 4.99 Å². The molecule has 1 unspecified atom stereocenters. The van der Waals surface area contributed by atoms with E-state index in [-0.39, 0.29) is 41.4 Å². The highest BCUT2D eigenvalue weighted by molar-refractivity contribution is 14.0. The molecule has 0 aromatic heterocycles. The zero-order chi connectivity index (χ0) is 15.9. The fraction of sp³-hybridized carbons (Fsp3) is 0.562. The van der Waals surface area contributed by atoms with Crippen molar-refractivity contribution < 1.29 is 9.13 Å². The van der Waals surface area contributed by atoms with Crippen LogP contribution in [0.4, 0.5) is 4.39 Å². The summed E-state index contributed by atoms with van der Waals surface area (Å²) in [5.74, 6) is 0.494. The van der Waals surface area contributed by atoms with Crippen LogP contribution in [0.1, 0.15) is 39.4 Å². The molecule has 1 atom stereocenters. The molecule has 126 valence electrons. The molecule has 0 saturated heterocycles. The lowest BCUT2D eigenvalue weighted by molar-refractivity contribution is 0.111. The highest BCUT2D eigenvalue weighted by Gasteiger charge is 2.14. The van der Waals surface area contributed by atoms with E-state index in [9.17, 15) is 4.39 Å². The molecule has 0 aliphatic carbocycles. The van der Waals surface area contributed by atoms with Crippen molar-refractivity contribution in [2.45, 2.75) is 39.3 Å². The molecular weight excluding hydrogens is 396 g/mol. The van der Waals surface area contributed by atoms with Crippen LogP contribution in [0, 0.1) is 5.82 Å². The van der Waals surface area contributed by atoms with Crippen LogP contribution in [0.3, 0.4) is 0 Å². The molecule has 22 heavy (non-hydrogen) atoms. The zero-order valence-electron chi connectivity index (χ0n) is 13.9. The molecule has 0 heterocycles. The summed E-state index contributed by atoms with van der Waals surface area (Å²) in [6.07, 6.45) is -0.193. The number of guanidine groups is 1. The maximum atomic E-state index is 13.0. The van der Waals surface area contributed by atoms with Crippen molar-refractivity contribution in [2.24, 2.45) is 4.99 Å². The number of aliphatic imine (C=N–C) groups is 1. The molecule has 0 aliphatic rings. The first kappa shape index (κ1) is 21.1. The second-order valence-corrected chi connectivity index (χ2v) is 5.87. The molecule has 1 aromatic rings. The molecule has 0 radical (unpaired) electrons. The number of nitrogens with one attached hydrogen (secondary N) is 2. The van der Waals surface area contributed by atoms with Crippen molar-refractivity contribution in [1.29, 1.82) is 0 Å². The quantitative estimate of drug-likeness (QED) is 0.433. The molecule has 0 aliphatic heterocycles. The summed E-state index contributed by atoms with van der Waals surface area (Å²) in [5, 5.41) is 6.52. The smallest absolute Gasteiger partial charge is 0.191 e. The third kappa shape index (κ3) is 7.93. The van der Waals surface area contributed by atoms with Crippen molar-refractivity contribution in [3.05, 3.63) is 35.6 Å². The Hall–Kier alpha value is -0.890. The van der Waals surface area contributed by atoms with Gasteiger partial charge in [-0.05, 0) is 45.4 Å². The van der Waals surface area contributed by atoms with Gasteiger partial charge in [0.1, 0.15) is 11.9 Å². The van der Waals surface area contributed by atoms with Crippen LogP contribution >= 0.6 is 24.0 Å². The second-order valence-electron chi connectivity index (χ2n) is 5.87. The van der Waals surface area contributed by atoms with E-state index in [2.05, 4.69) is 36.4 Å². The first-order valence-electron chi connectivity index (χ1n) is 7.20. The molecule has 0 bridgehead atoms. The van der Waals surface area contributed by atoms with Crippen LogP contribution in [0.15, 0.2) is 29.3 Å². The molecule has 2 N–H and O–H groups in total. The number of rotatable bonds is 5. The van der Waals surface area contributed by atoms with E-state index in [1.54, 1.807) is 19.2 Å². The maximum absolute atomic E-state index is 13.0. The van der Waals surface area contributed by atoms with Gasteiger partial charge in [-0.1, -0.05) is 12.1 Å². The highest BCUT2D eigenvalue weighted by Crippen LogP contribution is 2.17. The van der Waals surface area contributed by atoms with Crippen LogP contribution in [0.5, 0.6) is 0 Å². The van der Waals surface area contributed by atoms with E-state index < -0.39 is 0 Å². The number of nitrogens with zero attached hydrogens (tertiary/aromatic N) is 1. The Balaban J connectivity index is 0.00000441. The Morgan fingerprint density at radius 1 is 1.27 bits per heavy atom. The van der Waals surface area contributed by atoms with Gasteiger partial charge < -0.3 is 15.4 Å². The van der Waals surface area contributed by atoms with Crippen LogP contribution in [-0.2, 0) is 4.74 Å². The van der Waals surface area contributed by atoms with Crippen molar-refractivity contribution in [3.8, 4) is 0 Å². The summed E-state index contributed by atoms with van der Waals surface area (Å²) in [6.45, 7) is 9.51. The maximum Gasteiger partial charge on any atom is 0.191 e. The zero-order valence-corrected chi connectivity index (χ0v) is 16.3. The number of hydrogen-bond donors (Lipinski definition) is 2. The monoisotopic (exact) mass is 423 g/mol. The third-order valence-electron chi connectivity index (χ3n) is 2.78. The second kappa shape index (κ2) is 9.99. The summed E-state index contributed by atoms with van der Waals surface area (Å²) in [6, 6.07) is 6.32. The molecule has 6 heteroatoms. The average Bonchev–Trinajstić information content (AvgIpc) is 2.39. The van der Waals surface area contributed by atoms with Gasteiger partial charge in [-0.15, -0.1) is 24.0 Å². The SMILES string of the molecule is CCNC(=NCC(OC)c1ccc(F)cc1)NC(C)(C)C.I. The van der Waals surface area contributed by atoms with Crippen molar-refractivity contribution in [3.63, 3.8) is 0 Å². The van der Waals surface area contributed by atoms with Gasteiger partial charge in [-0.25, -0.2) is 4.39 Å². The summed E-state index contributed by atoms with van der Waals surface area (Å²) in [4.78, 5) is 4.54. The van der Waals surface area contributed by atoms with Gasteiger partial charge in [0.15, 0.2) is 5.96 Å². The summed E-state index contributed by atoms with van der Waals surface area (Å²) >= 11 is 0. The van der Waals surface area contributed by atoms with E-state index in [1.807, 2.05) is 6.92 Å². The van der Waals surface area contributed by atoms with Gasteiger partial charge >= 0.3 is 0 Å². The molecule has 0 fully saturated rings. The molecule has 1 aromatic carbocycles.